The van der Waals surface area contributed by atoms with Crippen LogP contribution in [0, 0.1) is 0 Å². The van der Waals surface area contributed by atoms with Crippen molar-refractivity contribution in [1.82, 2.24) is 29.6 Å². The van der Waals surface area contributed by atoms with Gasteiger partial charge in [0.25, 0.3) is 5.91 Å². The maximum Gasteiger partial charge on any atom is 0.258 e. The van der Waals surface area contributed by atoms with Crippen LogP contribution >= 0.6 is 11.3 Å². The quantitative estimate of drug-likeness (QED) is 0.431. The second kappa shape index (κ2) is 8.79. The largest absolute Gasteiger partial charge is 0.375 e. The van der Waals surface area contributed by atoms with Crippen molar-refractivity contribution < 1.29 is 9.90 Å². The number of carbonyl (C=O) groups is 1. The number of fused-ring (bicyclic) bond motifs is 1. The van der Waals surface area contributed by atoms with Crippen molar-refractivity contribution in [2.24, 2.45) is 7.05 Å². The summed E-state index contributed by atoms with van der Waals surface area (Å²) in [6.45, 7) is 0.536. The van der Waals surface area contributed by atoms with Gasteiger partial charge < -0.3 is 15.3 Å². The molecule has 0 saturated carbocycles. The summed E-state index contributed by atoms with van der Waals surface area (Å²) >= 11 is 1.50. The van der Waals surface area contributed by atoms with Crippen molar-refractivity contribution >= 4 is 23.2 Å². The van der Waals surface area contributed by atoms with E-state index in [1.54, 1.807) is 24.2 Å². The predicted octanol–water partition coefficient (Wildman–Crippen LogP) is 3.54. The van der Waals surface area contributed by atoms with E-state index in [9.17, 15) is 9.90 Å². The van der Waals surface area contributed by atoms with E-state index in [0.29, 0.717) is 24.5 Å². The average molecular weight is 502 g/mol. The van der Waals surface area contributed by atoms with Crippen LogP contribution < -0.4 is 5.32 Å². The Morgan fingerprint density at radius 1 is 1.19 bits per heavy atom. The maximum absolute atomic E-state index is 12.5. The van der Waals surface area contributed by atoms with Crippen molar-refractivity contribution in [3.8, 4) is 22.0 Å². The number of aliphatic hydroxyl groups is 1. The molecule has 0 radical (unpaired) electrons. The Balaban J connectivity index is 1.24. The standard InChI is InChI=1S/C26H27N7O2S/c1-32-12-10-26(35,24(32)34)17-6-3-5-16(13-17)23-29-21(15-36-23)20-9-11-27-25(31-20)30-19-7-4-8-22-18(19)14-28-33(22)2/h3,5-6,9,11,13-15,19,35H,4,7-8,10,12H2,1-2H3,(H,27,30,31). The molecule has 2 aliphatic rings. The first-order valence-electron chi connectivity index (χ1n) is 12.1. The summed E-state index contributed by atoms with van der Waals surface area (Å²) in [4.78, 5) is 28.1. The summed E-state index contributed by atoms with van der Waals surface area (Å²) in [6.07, 6.45) is 7.20. The molecule has 2 unspecified atom stereocenters. The van der Waals surface area contributed by atoms with E-state index in [0.717, 1.165) is 41.2 Å². The topological polar surface area (TPSA) is 109 Å². The van der Waals surface area contributed by atoms with E-state index in [2.05, 4.69) is 15.4 Å². The number of nitrogens with one attached hydrogen (secondary N) is 1. The lowest BCUT2D eigenvalue weighted by atomic mass is 9.91. The van der Waals surface area contributed by atoms with Crippen molar-refractivity contribution in [1.29, 1.82) is 0 Å². The fourth-order valence-electron chi connectivity index (χ4n) is 5.14. The normalized spacial score (nSPS) is 21.6. The number of anilines is 1. The van der Waals surface area contributed by atoms with Crippen LogP contribution in [0.15, 0.2) is 48.1 Å². The second-order valence-corrected chi connectivity index (χ2v) is 10.3. The van der Waals surface area contributed by atoms with Crippen molar-refractivity contribution in [3.63, 3.8) is 0 Å². The summed E-state index contributed by atoms with van der Waals surface area (Å²) in [7, 11) is 3.70. The minimum atomic E-state index is -1.48. The van der Waals surface area contributed by atoms with Gasteiger partial charge in [-0.2, -0.15) is 5.10 Å². The number of rotatable bonds is 5. The molecule has 2 atom stereocenters. The van der Waals surface area contributed by atoms with Crippen LogP contribution in [0.5, 0.6) is 0 Å². The zero-order valence-electron chi connectivity index (χ0n) is 20.2. The Kier molecular flexibility index (Phi) is 5.57. The zero-order chi connectivity index (χ0) is 24.9. The zero-order valence-corrected chi connectivity index (χ0v) is 21.0. The van der Waals surface area contributed by atoms with Crippen LogP contribution in [0.2, 0.25) is 0 Å². The Hall–Kier alpha value is -3.63. The number of thiazole rings is 1. The molecule has 1 aliphatic heterocycles. The van der Waals surface area contributed by atoms with E-state index in [-0.39, 0.29) is 11.9 Å². The number of hydrogen-bond acceptors (Lipinski definition) is 8. The number of carbonyl (C=O) groups excluding carboxylic acids is 1. The molecule has 4 aromatic rings. The molecule has 0 spiro atoms. The van der Waals surface area contributed by atoms with Gasteiger partial charge in [-0.05, 0) is 37.0 Å². The number of benzene rings is 1. The van der Waals surface area contributed by atoms with Gasteiger partial charge in [-0.3, -0.25) is 9.48 Å². The Bertz CT molecular complexity index is 1450. The van der Waals surface area contributed by atoms with Crippen LogP contribution in [-0.4, -0.2) is 54.2 Å². The van der Waals surface area contributed by atoms with Gasteiger partial charge in [0.1, 0.15) is 10.7 Å². The second-order valence-electron chi connectivity index (χ2n) is 9.48. The van der Waals surface area contributed by atoms with Crippen molar-refractivity contribution in [2.45, 2.75) is 37.3 Å². The number of aromatic nitrogens is 5. The molecule has 1 amide bonds. The van der Waals surface area contributed by atoms with Crippen LogP contribution in [0.3, 0.4) is 0 Å². The van der Waals surface area contributed by atoms with E-state index < -0.39 is 5.60 Å². The molecule has 9 nitrogen and oxygen atoms in total. The molecular formula is C26H27N7O2S. The number of hydrogen-bond donors (Lipinski definition) is 2. The Labute approximate surface area is 212 Å². The molecule has 1 aromatic carbocycles. The predicted molar refractivity (Wildman–Crippen MR) is 137 cm³/mol. The summed E-state index contributed by atoms with van der Waals surface area (Å²) in [6, 6.07) is 9.46. The highest BCUT2D eigenvalue weighted by atomic mass is 32.1. The van der Waals surface area contributed by atoms with Crippen LogP contribution in [0.25, 0.3) is 22.0 Å². The number of likely N-dealkylation sites (tertiary alicyclic amines) is 1. The highest BCUT2D eigenvalue weighted by molar-refractivity contribution is 7.13. The summed E-state index contributed by atoms with van der Waals surface area (Å²) in [5.41, 5.74) is 3.94. The van der Waals surface area contributed by atoms with Gasteiger partial charge in [0.05, 0.1) is 17.9 Å². The molecule has 1 saturated heterocycles. The summed E-state index contributed by atoms with van der Waals surface area (Å²) < 4.78 is 1.95. The molecule has 1 fully saturated rings. The highest BCUT2D eigenvalue weighted by Gasteiger charge is 2.45. The van der Waals surface area contributed by atoms with E-state index in [1.165, 1.54) is 22.6 Å². The number of aryl methyl sites for hydroxylation is 1. The van der Waals surface area contributed by atoms with Crippen LogP contribution in [0.1, 0.15) is 42.1 Å². The first-order chi connectivity index (χ1) is 17.4. The highest BCUT2D eigenvalue weighted by Crippen LogP contribution is 2.36. The third-order valence-corrected chi connectivity index (χ3v) is 8.09. The van der Waals surface area contributed by atoms with E-state index in [1.807, 2.05) is 47.6 Å². The maximum atomic E-state index is 12.5. The third kappa shape index (κ3) is 3.86. The fourth-order valence-corrected chi connectivity index (χ4v) is 5.95. The molecular weight excluding hydrogens is 474 g/mol. The minimum Gasteiger partial charge on any atom is -0.375 e. The minimum absolute atomic E-state index is 0.134. The number of amides is 1. The number of likely N-dealkylation sites (N-methyl/N-ethyl adjacent to an activating group) is 1. The van der Waals surface area contributed by atoms with Gasteiger partial charge in [0, 0.05) is 55.5 Å². The molecule has 4 heterocycles. The fraction of sp³-hybridized carbons (Fsp3) is 0.346. The molecule has 0 bridgehead atoms. The lowest BCUT2D eigenvalue weighted by Gasteiger charge is -2.23. The SMILES string of the molecule is CN1CCC(O)(c2cccc(-c3nc(-c4ccnc(NC5CCCc6c5cnn6C)n4)cs3)c2)C1=O. The smallest absolute Gasteiger partial charge is 0.258 e. The first kappa shape index (κ1) is 22.8. The molecule has 36 heavy (non-hydrogen) atoms. The lowest BCUT2D eigenvalue weighted by Crippen LogP contribution is -2.36. The molecule has 10 heteroatoms. The van der Waals surface area contributed by atoms with E-state index in [4.69, 9.17) is 9.97 Å². The number of nitrogens with zero attached hydrogens (tertiary/aromatic N) is 6. The molecule has 6 rings (SSSR count). The summed E-state index contributed by atoms with van der Waals surface area (Å²) in [5.74, 6) is 0.300. The Morgan fingerprint density at radius 2 is 2.08 bits per heavy atom. The monoisotopic (exact) mass is 501 g/mol. The lowest BCUT2D eigenvalue weighted by molar-refractivity contribution is -0.143. The Morgan fingerprint density at radius 3 is 2.92 bits per heavy atom. The average Bonchev–Trinajstić information content (AvgIpc) is 3.61. The van der Waals surface area contributed by atoms with Gasteiger partial charge >= 0.3 is 0 Å². The third-order valence-electron chi connectivity index (χ3n) is 7.20. The first-order valence-corrected chi connectivity index (χ1v) is 13.0. The molecule has 1 aliphatic carbocycles. The van der Waals surface area contributed by atoms with Crippen molar-refractivity contribution in [3.05, 3.63) is 64.9 Å². The molecule has 3 aromatic heterocycles. The van der Waals surface area contributed by atoms with Crippen LogP contribution in [-0.2, 0) is 23.9 Å². The van der Waals surface area contributed by atoms with Gasteiger partial charge in [0.15, 0.2) is 5.60 Å². The van der Waals surface area contributed by atoms with Gasteiger partial charge in [-0.1, -0.05) is 18.2 Å². The van der Waals surface area contributed by atoms with Crippen LogP contribution in [0.4, 0.5) is 5.95 Å². The van der Waals surface area contributed by atoms with Gasteiger partial charge in [-0.15, -0.1) is 11.3 Å². The summed E-state index contributed by atoms with van der Waals surface area (Å²) in [5, 5.41) is 21.7. The molecule has 184 valence electrons. The van der Waals surface area contributed by atoms with E-state index >= 15 is 0 Å². The van der Waals surface area contributed by atoms with Gasteiger partial charge in [-0.25, -0.2) is 15.0 Å². The van der Waals surface area contributed by atoms with Gasteiger partial charge in [0.2, 0.25) is 5.95 Å². The molecule has 2 N–H and O–H groups in total. The van der Waals surface area contributed by atoms with Crippen molar-refractivity contribution in [2.75, 3.05) is 18.9 Å².